The molecule has 0 aliphatic carbocycles. The summed E-state index contributed by atoms with van der Waals surface area (Å²) in [6.07, 6.45) is 2.00. The van der Waals surface area contributed by atoms with Gasteiger partial charge in [-0.1, -0.05) is 36.4 Å². The SMILES string of the molecule is CN(C)C(=O)OC1CC(c2ccccc2)=CC[N]1. The van der Waals surface area contributed by atoms with E-state index in [1.807, 2.05) is 18.2 Å². The highest BCUT2D eigenvalue weighted by molar-refractivity contribution is 5.69. The molecule has 4 nitrogen and oxygen atoms in total. The van der Waals surface area contributed by atoms with Crippen LogP contribution in [0.1, 0.15) is 12.0 Å². The molecule has 1 aromatic carbocycles. The van der Waals surface area contributed by atoms with E-state index in [2.05, 4.69) is 23.5 Å². The van der Waals surface area contributed by atoms with Crippen LogP contribution in [0.25, 0.3) is 5.57 Å². The van der Waals surface area contributed by atoms with Crippen molar-refractivity contribution < 1.29 is 9.53 Å². The third-order valence-electron chi connectivity index (χ3n) is 2.79. The van der Waals surface area contributed by atoms with Crippen molar-refractivity contribution in [2.45, 2.75) is 12.6 Å². The maximum absolute atomic E-state index is 11.5. The van der Waals surface area contributed by atoms with Crippen LogP contribution in [0.4, 0.5) is 4.79 Å². The molecular formula is C14H17N2O2. The van der Waals surface area contributed by atoms with Gasteiger partial charge in [0.05, 0.1) is 0 Å². The summed E-state index contributed by atoms with van der Waals surface area (Å²) in [7, 11) is 3.33. The quantitative estimate of drug-likeness (QED) is 0.801. The molecule has 2 rings (SSSR count). The number of hydrogen-bond acceptors (Lipinski definition) is 2. The average Bonchev–Trinajstić information content (AvgIpc) is 2.40. The lowest BCUT2D eigenvalue weighted by atomic mass is 9.99. The summed E-state index contributed by atoms with van der Waals surface area (Å²) in [4.78, 5) is 12.9. The van der Waals surface area contributed by atoms with Crippen LogP contribution in [-0.2, 0) is 4.74 Å². The molecular weight excluding hydrogens is 228 g/mol. The number of benzene rings is 1. The van der Waals surface area contributed by atoms with E-state index >= 15 is 0 Å². The van der Waals surface area contributed by atoms with Crippen LogP contribution >= 0.6 is 0 Å². The molecule has 0 saturated carbocycles. The Hall–Kier alpha value is -1.81. The summed E-state index contributed by atoms with van der Waals surface area (Å²) in [5.41, 5.74) is 2.35. The van der Waals surface area contributed by atoms with Crippen molar-refractivity contribution in [2.24, 2.45) is 0 Å². The van der Waals surface area contributed by atoms with E-state index in [0.29, 0.717) is 13.0 Å². The van der Waals surface area contributed by atoms with Gasteiger partial charge in [0.25, 0.3) is 0 Å². The molecule has 95 valence electrons. The molecule has 0 spiro atoms. The van der Waals surface area contributed by atoms with E-state index in [1.165, 1.54) is 16.0 Å². The van der Waals surface area contributed by atoms with E-state index in [0.717, 1.165) is 0 Å². The Kier molecular flexibility index (Phi) is 3.99. The van der Waals surface area contributed by atoms with Gasteiger partial charge in [-0.3, -0.25) is 0 Å². The summed E-state index contributed by atoms with van der Waals surface area (Å²) in [6, 6.07) is 10.1. The maximum Gasteiger partial charge on any atom is 0.410 e. The lowest BCUT2D eigenvalue weighted by molar-refractivity contribution is 0.0584. The lowest BCUT2D eigenvalue weighted by Crippen LogP contribution is -2.35. The van der Waals surface area contributed by atoms with E-state index in [1.54, 1.807) is 14.1 Å². The van der Waals surface area contributed by atoms with Crippen molar-refractivity contribution in [2.75, 3.05) is 20.6 Å². The Morgan fingerprint density at radius 2 is 2.06 bits per heavy atom. The minimum absolute atomic E-state index is 0.349. The molecule has 1 amide bonds. The van der Waals surface area contributed by atoms with Gasteiger partial charge in [-0.25, -0.2) is 4.79 Å². The lowest BCUT2D eigenvalue weighted by Gasteiger charge is -2.24. The summed E-state index contributed by atoms with van der Waals surface area (Å²) < 4.78 is 5.28. The van der Waals surface area contributed by atoms with Crippen molar-refractivity contribution >= 4 is 11.7 Å². The van der Waals surface area contributed by atoms with Crippen LogP contribution in [0, 0.1) is 0 Å². The summed E-state index contributed by atoms with van der Waals surface area (Å²) in [6.45, 7) is 0.593. The van der Waals surface area contributed by atoms with Gasteiger partial charge in [-0.2, -0.15) is 5.32 Å². The Bertz CT molecular complexity index is 440. The molecule has 0 N–H and O–H groups in total. The molecule has 1 atom stereocenters. The predicted molar refractivity (Wildman–Crippen MR) is 70.0 cm³/mol. The number of rotatable bonds is 2. The Labute approximate surface area is 107 Å². The number of carbonyl (C=O) groups is 1. The molecule has 0 saturated heterocycles. The Morgan fingerprint density at radius 1 is 1.33 bits per heavy atom. The van der Waals surface area contributed by atoms with E-state index in [9.17, 15) is 4.79 Å². The van der Waals surface area contributed by atoms with Crippen molar-refractivity contribution in [3.05, 3.63) is 42.0 Å². The van der Waals surface area contributed by atoms with Gasteiger partial charge in [0.1, 0.15) is 0 Å². The van der Waals surface area contributed by atoms with E-state index in [-0.39, 0.29) is 12.3 Å². The maximum atomic E-state index is 11.5. The zero-order chi connectivity index (χ0) is 13.0. The molecule has 0 aromatic heterocycles. The molecule has 1 aliphatic heterocycles. The molecule has 1 radical (unpaired) electrons. The number of carbonyl (C=O) groups excluding carboxylic acids is 1. The van der Waals surface area contributed by atoms with Crippen LogP contribution in [0.15, 0.2) is 36.4 Å². The molecule has 0 bridgehead atoms. The Morgan fingerprint density at radius 3 is 2.72 bits per heavy atom. The minimum atomic E-state index is -0.375. The minimum Gasteiger partial charge on any atom is -0.428 e. The van der Waals surface area contributed by atoms with E-state index in [4.69, 9.17) is 4.74 Å². The average molecular weight is 245 g/mol. The second kappa shape index (κ2) is 5.69. The molecule has 1 unspecified atom stereocenters. The largest absolute Gasteiger partial charge is 0.428 e. The first kappa shape index (κ1) is 12.6. The molecule has 1 aliphatic rings. The first-order chi connectivity index (χ1) is 8.66. The molecule has 1 aromatic rings. The smallest absolute Gasteiger partial charge is 0.410 e. The van der Waals surface area contributed by atoms with Gasteiger partial charge in [0.15, 0.2) is 6.23 Å². The Balaban J connectivity index is 2.00. The molecule has 1 heterocycles. The monoisotopic (exact) mass is 245 g/mol. The second-order valence-corrected chi connectivity index (χ2v) is 4.40. The molecule has 0 fully saturated rings. The van der Waals surface area contributed by atoms with Gasteiger partial charge < -0.3 is 9.64 Å². The van der Waals surface area contributed by atoms with Crippen molar-refractivity contribution in [1.29, 1.82) is 0 Å². The van der Waals surface area contributed by atoms with Crippen LogP contribution in [0.2, 0.25) is 0 Å². The fourth-order valence-corrected chi connectivity index (χ4v) is 1.81. The van der Waals surface area contributed by atoms with Crippen molar-refractivity contribution in [3.8, 4) is 0 Å². The van der Waals surface area contributed by atoms with Crippen molar-refractivity contribution in [3.63, 3.8) is 0 Å². The standard InChI is InChI=1S/C14H17N2O2/c1-16(2)14(17)18-13-10-12(8-9-15-13)11-6-4-3-5-7-11/h3-8,13H,9-10H2,1-2H3. The predicted octanol–water partition coefficient (Wildman–Crippen LogP) is 2.10. The fourth-order valence-electron chi connectivity index (χ4n) is 1.81. The summed E-state index contributed by atoms with van der Waals surface area (Å²) >= 11 is 0. The van der Waals surface area contributed by atoms with E-state index < -0.39 is 0 Å². The fraction of sp³-hybridized carbons (Fsp3) is 0.357. The first-order valence-corrected chi connectivity index (χ1v) is 5.96. The number of ether oxygens (including phenoxy) is 1. The van der Waals surface area contributed by atoms with Crippen molar-refractivity contribution in [1.82, 2.24) is 10.2 Å². The van der Waals surface area contributed by atoms with Gasteiger partial charge in [0.2, 0.25) is 0 Å². The normalized spacial score (nSPS) is 19.0. The highest BCUT2D eigenvalue weighted by Gasteiger charge is 2.21. The topological polar surface area (TPSA) is 43.6 Å². The highest BCUT2D eigenvalue weighted by atomic mass is 16.6. The van der Waals surface area contributed by atoms with Gasteiger partial charge >= 0.3 is 6.09 Å². The van der Waals surface area contributed by atoms with Crippen LogP contribution in [0.5, 0.6) is 0 Å². The van der Waals surface area contributed by atoms with Crippen LogP contribution < -0.4 is 5.32 Å². The van der Waals surface area contributed by atoms with Crippen LogP contribution in [-0.4, -0.2) is 37.9 Å². The third kappa shape index (κ3) is 3.11. The second-order valence-electron chi connectivity index (χ2n) is 4.40. The van der Waals surface area contributed by atoms with Gasteiger partial charge in [-0.05, 0) is 11.1 Å². The summed E-state index contributed by atoms with van der Waals surface area (Å²) in [5, 5.41) is 4.28. The third-order valence-corrected chi connectivity index (χ3v) is 2.79. The van der Waals surface area contributed by atoms with Crippen LogP contribution in [0.3, 0.4) is 0 Å². The first-order valence-electron chi connectivity index (χ1n) is 5.96. The highest BCUT2D eigenvalue weighted by Crippen LogP contribution is 2.23. The summed E-state index contributed by atoms with van der Waals surface area (Å²) in [5.74, 6) is 0. The zero-order valence-corrected chi connectivity index (χ0v) is 10.7. The van der Waals surface area contributed by atoms with Gasteiger partial charge in [-0.15, -0.1) is 0 Å². The molecule has 4 heteroatoms. The molecule has 18 heavy (non-hydrogen) atoms. The van der Waals surface area contributed by atoms with Gasteiger partial charge in [0, 0.05) is 27.1 Å². The number of nitrogens with zero attached hydrogens (tertiary/aromatic N) is 2. The zero-order valence-electron chi connectivity index (χ0n) is 10.7. The number of amides is 1. The number of hydrogen-bond donors (Lipinski definition) is 0.